The monoisotopic (exact) mass is 458 g/mol. The number of aromatic amines is 1. The van der Waals surface area contributed by atoms with Crippen LogP contribution in [-0.2, 0) is 11.3 Å². The Hall–Kier alpha value is -2.78. The maximum absolute atomic E-state index is 13.2. The lowest BCUT2D eigenvalue weighted by Gasteiger charge is -2.21. The largest absolute Gasteiger partial charge is 0.449 e. The number of aromatic nitrogens is 2. The molecule has 2 aromatic heterocycles. The highest BCUT2D eigenvalue weighted by molar-refractivity contribution is 7.22. The molecule has 32 heavy (non-hydrogen) atoms. The number of nitrogens with one attached hydrogen (secondary N) is 1. The fourth-order valence-electron chi connectivity index (χ4n) is 3.67. The molecular formula is C23H27FN4O3S. The second-order valence-corrected chi connectivity index (χ2v) is 9.48. The van der Waals surface area contributed by atoms with E-state index in [9.17, 15) is 14.0 Å². The molecule has 3 heterocycles. The van der Waals surface area contributed by atoms with Crippen LogP contribution in [0.25, 0.3) is 20.7 Å². The van der Waals surface area contributed by atoms with Crippen LogP contribution < -0.4 is 5.56 Å². The number of halogens is 1. The summed E-state index contributed by atoms with van der Waals surface area (Å²) in [7, 11) is 0. The minimum absolute atomic E-state index is 0.169. The second kappa shape index (κ2) is 9.79. The van der Waals surface area contributed by atoms with E-state index < -0.39 is 0 Å². The first-order valence-electron chi connectivity index (χ1n) is 10.8. The molecule has 1 saturated heterocycles. The van der Waals surface area contributed by atoms with Crippen LogP contribution >= 0.6 is 11.3 Å². The number of hydrogen-bond acceptors (Lipinski definition) is 6. The minimum Gasteiger partial charge on any atom is -0.449 e. The SMILES string of the molecule is CC(C)COC(=O)N1CCCN(Cc2nc3cc(-c4ccc(F)cc4)sc3c(=O)[nH]2)CC1. The zero-order valence-electron chi connectivity index (χ0n) is 18.3. The minimum atomic E-state index is -0.294. The van der Waals surface area contributed by atoms with E-state index in [0.29, 0.717) is 54.7 Å². The Kier molecular flexibility index (Phi) is 6.86. The van der Waals surface area contributed by atoms with Crippen LogP contribution in [0.3, 0.4) is 0 Å². The molecule has 1 aromatic carbocycles. The van der Waals surface area contributed by atoms with Gasteiger partial charge < -0.3 is 14.6 Å². The van der Waals surface area contributed by atoms with Crippen molar-refractivity contribution in [1.29, 1.82) is 0 Å². The second-order valence-electron chi connectivity index (χ2n) is 8.43. The highest BCUT2D eigenvalue weighted by atomic mass is 32.1. The summed E-state index contributed by atoms with van der Waals surface area (Å²) in [5.74, 6) is 0.611. The van der Waals surface area contributed by atoms with Crippen molar-refractivity contribution in [2.75, 3.05) is 32.8 Å². The van der Waals surface area contributed by atoms with Gasteiger partial charge in [0.15, 0.2) is 0 Å². The quantitative estimate of drug-likeness (QED) is 0.623. The molecule has 0 aliphatic carbocycles. The topological polar surface area (TPSA) is 78.5 Å². The van der Waals surface area contributed by atoms with Crippen LogP contribution in [0.4, 0.5) is 9.18 Å². The van der Waals surface area contributed by atoms with E-state index in [1.165, 1.54) is 23.5 Å². The van der Waals surface area contributed by atoms with Crippen molar-refractivity contribution < 1.29 is 13.9 Å². The van der Waals surface area contributed by atoms with Gasteiger partial charge in [-0.3, -0.25) is 9.69 Å². The average molecular weight is 459 g/mol. The van der Waals surface area contributed by atoms with E-state index in [4.69, 9.17) is 4.74 Å². The van der Waals surface area contributed by atoms with Crippen molar-refractivity contribution in [2.45, 2.75) is 26.8 Å². The van der Waals surface area contributed by atoms with Gasteiger partial charge in [-0.15, -0.1) is 11.3 Å². The number of fused-ring (bicyclic) bond motifs is 1. The summed E-state index contributed by atoms with van der Waals surface area (Å²) in [6.07, 6.45) is 0.566. The third kappa shape index (κ3) is 5.34. The van der Waals surface area contributed by atoms with E-state index in [-0.39, 0.29) is 17.5 Å². The van der Waals surface area contributed by atoms with Gasteiger partial charge in [-0.1, -0.05) is 26.0 Å². The van der Waals surface area contributed by atoms with E-state index in [2.05, 4.69) is 14.9 Å². The Morgan fingerprint density at radius 3 is 2.75 bits per heavy atom. The van der Waals surface area contributed by atoms with Gasteiger partial charge in [0.05, 0.1) is 18.7 Å². The smallest absolute Gasteiger partial charge is 0.409 e. The van der Waals surface area contributed by atoms with Gasteiger partial charge in [0.25, 0.3) is 5.56 Å². The molecule has 3 aromatic rings. The number of carbonyl (C=O) groups is 1. The summed E-state index contributed by atoms with van der Waals surface area (Å²) in [5, 5.41) is 0. The zero-order chi connectivity index (χ0) is 22.7. The van der Waals surface area contributed by atoms with Crippen LogP contribution in [0, 0.1) is 11.7 Å². The Morgan fingerprint density at radius 1 is 1.22 bits per heavy atom. The first kappa shape index (κ1) is 22.4. The van der Waals surface area contributed by atoms with Gasteiger partial charge in [0.1, 0.15) is 16.3 Å². The van der Waals surface area contributed by atoms with Gasteiger partial charge in [0.2, 0.25) is 0 Å². The summed E-state index contributed by atoms with van der Waals surface area (Å²) < 4.78 is 19.1. The Morgan fingerprint density at radius 2 is 2.00 bits per heavy atom. The molecule has 0 radical (unpaired) electrons. The number of benzene rings is 1. The van der Waals surface area contributed by atoms with Crippen molar-refractivity contribution >= 4 is 27.6 Å². The number of hydrogen-bond donors (Lipinski definition) is 1. The Labute approximate surface area is 189 Å². The maximum Gasteiger partial charge on any atom is 0.409 e. The lowest BCUT2D eigenvalue weighted by Crippen LogP contribution is -2.36. The number of thiophene rings is 1. The summed E-state index contributed by atoms with van der Waals surface area (Å²) in [4.78, 5) is 37.3. The van der Waals surface area contributed by atoms with Gasteiger partial charge in [-0.25, -0.2) is 14.2 Å². The number of rotatable bonds is 5. The van der Waals surface area contributed by atoms with E-state index in [1.54, 1.807) is 17.0 Å². The summed E-state index contributed by atoms with van der Waals surface area (Å²) >= 11 is 1.35. The number of ether oxygens (including phenoxy) is 1. The lowest BCUT2D eigenvalue weighted by atomic mass is 10.2. The predicted octanol–water partition coefficient (Wildman–Crippen LogP) is 4.09. The van der Waals surface area contributed by atoms with Crippen LogP contribution in [0.1, 0.15) is 26.1 Å². The van der Waals surface area contributed by atoms with Crippen molar-refractivity contribution in [2.24, 2.45) is 5.92 Å². The molecule has 1 amide bonds. The molecule has 0 saturated carbocycles. The van der Waals surface area contributed by atoms with E-state index in [0.717, 1.165) is 23.4 Å². The van der Waals surface area contributed by atoms with Crippen LogP contribution in [0.2, 0.25) is 0 Å². The molecule has 4 rings (SSSR count). The molecule has 0 unspecified atom stereocenters. The molecule has 0 bridgehead atoms. The molecule has 7 nitrogen and oxygen atoms in total. The molecule has 9 heteroatoms. The average Bonchev–Trinajstić information content (AvgIpc) is 3.05. The number of amides is 1. The van der Waals surface area contributed by atoms with Crippen LogP contribution in [0.5, 0.6) is 0 Å². The van der Waals surface area contributed by atoms with Crippen molar-refractivity contribution in [3.8, 4) is 10.4 Å². The Balaban J connectivity index is 1.44. The molecule has 0 atom stereocenters. The lowest BCUT2D eigenvalue weighted by molar-refractivity contribution is 0.0930. The van der Waals surface area contributed by atoms with Gasteiger partial charge >= 0.3 is 6.09 Å². The molecular weight excluding hydrogens is 431 g/mol. The van der Waals surface area contributed by atoms with Crippen molar-refractivity contribution in [3.63, 3.8) is 0 Å². The summed E-state index contributed by atoms with van der Waals surface area (Å²) in [6, 6.07) is 8.09. The molecule has 1 N–H and O–H groups in total. The maximum atomic E-state index is 13.2. The summed E-state index contributed by atoms with van der Waals surface area (Å²) in [6.45, 7) is 7.67. The van der Waals surface area contributed by atoms with Gasteiger partial charge in [-0.2, -0.15) is 0 Å². The summed E-state index contributed by atoms with van der Waals surface area (Å²) in [5.41, 5.74) is 1.33. The highest BCUT2D eigenvalue weighted by Crippen LogP contribution is 2.31. The standard InChI is InChI=1S/C23H27FN4O3S/c1-15(2)14-31-23(30)28-9-3-8-27(10-11-28)13-20-25-18-12-19(32-21(18)22(29)26-20)16-4-6-17(24)7-5-16/h4-7,12,15H,3,8-11,13-14H2,1-2H3,(H,25,26,29). The molecule has 170 valence electrons. The number of nitrogens with zero attached hydrogens (tertiary/aromatic N) is 3. The predicted molar refractivity (Wildman–Crippen MR) is 123 cm³/mol. The third-order valence-corrected chi connectivity index (χ3v) is 6.49. The van der Waals surface area contributed by atoms with Crippen molar-refractivity contribution in [1.82, 2.24) is 19.8 Å². The third-order valence-electron chi connectivity index (χ3n) is 5.32. The first-order chi connectivity index (χ1) is 15.4. The van der Waals surface area contributed by atoms with Gasteiger partial charge in [0, 0.05) is 31.1 Å². The molecule has 0 spiro atoms. The fourth-order valence-corrected chi connectivity index (χ4v) is 4.67. The fraction of sp³-hybridized carbons (Fsp3) is 0.435. The van der Waals surface area contributed by atoms with Crippen LogP contribution in [-0.4, -0.2) is 58.6 Å². The zero-order valence-corrected chi connectivity index (χ0v) is 19.1. The normalized spacial score (nSPS) is 15.3. The van der Waals surface area contributed by atoms with E-state index >= 15 is 0 Å². The van der Waals surface area contributed by atoms with E-state index in [1.807, 2.05) is 19.9 Å². The first-order valence-corrected chi connectivity index (χ1v) is 11.6. The van der Waals surface area contributed by atoms with Crippen molar-refractivity contribution in [3.05, 3.63) is 52.3 Å². The van der Waals surface area contributed by atoms with Crippen LogP contribution in [0.15, 0.2) is 35.1 Å². The Bertz CT molecular complexity index is 1140. The number of H-pyrrole nitrogens is 1. The molecule has 1 aliphatic heterocycles. The molecule has 1 fully saturated rings. The number of carbonyl (C=O) groups excluding carboxylic acids is 1. The molecule has 1 aliphatic rings. The van der Waals surface area contributed by atoms with Gasteiger partial charge in [-0.05, 0) is 36.1 Å². The highest BCUT2D eigenvalue weighted by Gasteiger charge is 2.21.